The van der Waals surface area contributed by atoms with Gasteiger partial charge in [0.05, 0.1) is 11.0 Å². The fraction of sp³-hybridized carbons (Fsp3) is 0.200. The SMILES string of the molecule is Cc1ccc(-n2c3ccccc3c3cc(C4(C)C=CC(N(c5ccc(C6(C)C=CC=CC6)cc5)c5ccc6c(c5)C(C)(C)c5ccc(C)cc5-6)=CC4)ccc32)cc1. The number of hydrogen-bond donors (Lipinski definition) is 0. The van der Waals surface area contributed by atoms with Gasteiger partial charge in [-0.05, 0) is 121 Å². The second-order valence-corrected chi connectivity index (χ2v) is 17.7. The number of benzene rings is 6. The lowest BCUT2D eigenvalue weighted by molar-refractivity contribution is 0.596. The van der Waals surface area contributed by atoms with E-state index in [4.69, 9.17) is 0 Å². The molecule has 2 atom stereocenters. The summed E-state index contributed by atoms with van der Waals surface area (Å²) in [5, 5.41) is 2.58. The third-order valence-electron chi connectivity index (χ3n) is 13.4. The Balaban J connectivity index is 1.04. The van der Waals surface area contributed by atoms with E-state index in [-0.39, 0.29) is 16.2 Å². The van der Waals surface area contributed by atoms with Crippen LogP contribution in [0.25, 0.3) is 38.6 Å². The highest BCUT2D eigenvalue weighted by atomic mass is 15.1. The van der Waals surface area contributed by atoms with Crippen LogP contribution in [-0.4, -0.2) is 4.57 Å². The molecule has 0 bridgehead atoms. The van der Waals surface area contributed by atoms with Crippen LogP contribution in [-0.2, 0) is 16.2 Å². The average molecular weight is 739 g/mol. The molecule has 3 aliphatic rings. The first-order valence-corrected chi connectivity index (χ1v) is 20.5. The summed E-state index contributed by atoms with van der Waals surface area (Å²) in [7, 11) is 0. The summed E-state index contributed by atoms with van der Waals surface area (Å²) >= 11 is 0. The van der Waals surface area contributed by atoms with E-state index in [9.17, 15) is 0 Å². The normalized spacial score (nSPS) is 20.5. The molecule has 10 rings (SSSR count). The van der Waals surface area contributed by atoms with Gasteiger partial charge in [0.25, 0.3) is 0 Å². The lowest BCUT2D eigenvalue weighted by Crippen LogP contribution is -2.25. The molecule has 1 heterocycles. The summed E-state index contributed by atoms with van der Waals surface area (Å²) in [6.45, 7) is 13.8. The van der Waals surface area contributed by atoms with Gasteiger partial charge < -0.3 is 9.47 Å². The molecule has 2 nitrogen and oxygen atoms in total. The van der Waals surface area contributed by atoms with E-state index < -0.39 is 0 Å². The van der Waals surface area contributed by atoms with Crippen LogP contribution in [0.5, 0.6) is 0 Å². The zero-order chi connectivity index (χ0) is 39.1. The molecule has 57 heavy (non-hydrogen) atoms. The molecule has 7 aromatic rings. The first-order chi connectivity index (χ1) is 27.5. The van der Waals surface area contributed by atoms with Crippen molar-refractivity contribution in [2.45, 2.75) is 70.6 Å². The Morgan fingerprint density at radius 2 is 1.26 bits per heavy atom. The van der Waals surface area contributed by atoms with E-state index in [2.05, 4.69) is 221 Å². The summed E-state index contributed by atoms with van der Waals surface area (Å²) in [6, 6.07) is 48.2. The van der Waals surface area contributed by atoms with Gasteiger partial charge in [-0.2, -0.15) is 0 Å². The number of rotatable bonds is 6. The van der Waals surface area contributed by atoms with E-state index in [1.54, 1.807) is 0 Å². The predicted octanol–water partition coefficient (Wildman–Crippen LogP) is 14.4. The number of anilines is 2. The lowest BCUT2D eigenvalue weighted by Gasteiger charge is -2.34. The topological polar surface area (TPSA) is 8.17 Å². The third kappa shape index (κ3) is 5.68. The van der Waals surface area contributed by atoms with Crippen LogP contribution < -0.4 is 4.90 Å². The Labute approximate surface area is 337 Å². The van der Waals surface area contributed by atoms with E-state index >= 15 is 0 Å². The Morgan fingerprint density at radius 3 is 2.02 bits per heavy atom. The van der Waals surface area contributed by atoms with Crippen LogP contribution in [0.1, 0.15) is 73.9 Å². The molecule has 0 saturated carbocycles. The number of allylic oxidation sites excluding steroid dienone is 7. The average Bonchev–Trinajstić information content (AvgIpc) is 3.67. The van der Waals surface area contributed by atoms with Gasteiger partial charge in [-0.25, -0.2) is 0 Å². The summed E-state index contributed by atoms with van der Waals surface area (Å²) < 4.78 is 2.41. The third-order valence-corrected chi connectivity index (χ3v) is 13.4. The zero-order valence-corrected chi connectivity index (χ0v) is 34.0. The van der Waals surface area contributed by atoms with Crippen LogP contribution in [0.2, 0.25) is 0 Å². The summed E-state index contributed by atoms with van der Waals surface area (Å²) in [4.78, 5) is 2.47. The number of aryl methyl sites for hydroxylation is 2. The molecule has 0 fully saturated rings. The molecule has 1 aromatic heterocycles. The van der Waals surface area contributed by atoms with Crippen molar-refractivity contribution in [2.75, 3.05) is 4.90 Å². The molecule has 0 spiro atoms. The number of nitrogens with zero attached hydrogens (tertiary/aromatic N) is 2. The van der Waals surface area contributed by atoms with Crippen LogP contribution in [0, 0.1) is 13.8 Å². The highest BCUT2D eigenvalue weighted by Crippen LogP contribution is 2.51. The van der Waals surface area contributed by atoms with Gasteiger partial charge in [-0.3, -0.25) is 0 Å². The minimum absolute atomic E-state index is 0.00102. The van der Waals surface area contributed by atoms with Crippen molar-refractivity contribution in [1.82, 2.24) is 4.57 Å². The molecular weight excluding hydrogens is 689 g/mol. The van der Waals surface area contributed by atoms with Gasteiger partial charge in [-0.15, -0.1) is 0 Å². The Hall–Kier alpha value is -6.12. The van der Waals surface area contributed by atoms with Gasteiger partial charge >= 0.3 is 0 Å². The van der Waals surface area contributed by atoms with Crippen LogP contribution >= 0.6 is 0 Å². The standard InChI is InChI=1S/C55H50N2/c1-37-14-20-42(21-15-37)57-51-13-9-8-12-46(51)48-35-40(19-27-52(48)57)55(6)32-28-43(29-33-55)56(41-22-17-39(18-23-41)54(5)30-10-7-11-31-54)44-24-25-45-47-34-38(2)16-26-49(47)53(3,4)50(45)36-44/h7-30,32,34-36H,31,33H2,1-6H3. The van der Waals surface area contributed by atoms with Gasteiger partial charge in [0.2, 0.25) is 0 Å². The van der Waals surface area contributed by atoms with Crippen molar-refractivity contribution in [2.24, 2.45) is 0 Å². The molecule has 2 unspecified atom stereocenters. The van der Waals surface area contributed by atoms with Crippen molar-refractivity contribution < 1.29 is 0 Å². The monoisotopic (exact) mass is 738 g/mol. The largest absolute Gasteiger partial charge is 0.311 e. The van der Waals surface area contributed by atoms with E-state index in [1.807, 2.05) is 0 Å². The molecule has 0 N–H and O–H groups in total. The number of para-hydroxylation sites is 1. The van der Waals surface area contributed by atoms with Crippen molar-refractivity contribution >= 4 is 33.2 Å². The van der Waals surface area contributed by atoms with Gasteiger partial charge in [-0.1, -0.05) is 148 Å². The Morgan fingerprint density at radius 1 is 0.544 bits per heavy atom. The quantitative estimate of drug-likeness (QED) is 0.165. The summed E-state index contributed by atoms with van der Waals surface area (Å²) in [5.74, 6) is 0. The maximum absolute atomic E-state index is 2.47. The molecule has 0 amide bonds. The van der Waals surface area contributed by atoms with E-state index in [0.29, 0.717) is 0 Å². The molecule has 0 aliphatic heterocycles. The predicted molar refractivity (Wildman–Crippen MR) is 242 cm³/mol. The van der Waals surface area contributed by atoms with E-state index in [0.717, 1.165) is 12.8 Å². The fourth-order valence-corrected chi connectivity index (χ4v) is 9.78. The summed E-state index contributed by atoms with van der Waals surface area (Å²) in [5.41, 5.74) is 17.7. The van der Waals surface area contributed by atoms with Gasteiger partial charge in [0, 0.05) is 49.8 Å². The maximum Gasteiger partial charge on any atom is 0.0541 e. The second kappa shape index (κ2) is 13.0. The highest BCUT2D eigenvalue weighted by Gasteiger charge is 2.36. The van der Waals surface area contributed by atoms with Crippen molar-refractivity contribution in [3.05, 3.63) is 209 Å². The molecule has 280 valence electrons. The molecule has 0 saturated heterocycles. The first-order valence-electron chi connectivity index (χ1n) is 20.5. The molecule has 6 aromatic carbocycles. The second-order valence-electron chi connectivity index (χ2n) is 17.7. The van der Waals surface area contributed by atoms with Gasteiger partial charge in [0.15, 0.2) is 0 Å². The van der Waals surface area contributed by atoms with Crippen LogP contribution in [0.4, 0.5) is 11.4 Å². The van der Waals surface area contributed by atoms with Crippen LogP contribution in [0.3, 0.4) is 0 Å². The highest BCUT2D eigenvalue weighted by molar-refractivity contribution is 6.09. The molecule has 0 radical (unpaired) electrons. The van der Waals surface area contributed by atoms with Gasteiger partial charge in [0.1, 0.15) is 0 Å². The Kier molecular flexibility index (Phi) is 8.03. The smallest absolute Gasteiger partial charge is 0.0541 e. The minimum atomic E-state index is -0.158. The molecule has 3 aliphatic carbocycles. The first kappa shape index (κ1) is 35.3. The van der Waals surface area contributed by atoms with Crippen LogP contribution in [0.15, 0.2) is 176 Å². The molecular formula is C55H50N2. The summed E-state index contributed by atoms with van der Waals surface area (Å²) in [6.07, 6.45) is 18.1. The van der Waals surface area contributed by atoms with Crippen molar-refractivity contribution in [3.63, 3.8) is 0 Å². The van der Waals surface area contributed by atoms with Crippen molar-refractivity contribution in [3.8, 4) is 16.8 Å². The molecule has 2 heteroatoms. The number of fused-ring (bicyclic) bond motifs is 6. The number of aromatic nitrogens is 1. The zero-order valence-electron chi connectivity index (χ0n) is 34.0. The maximum atomic E-state index is 2.47. The number of hydrogen-bond acceptors (Lipinski definition) is 1. The fourth-order valence-electron chi connectivity index (χ4n) is 9.78. The minimum Gasteiger partial charge on any atom is -0.311 e. The van der Waals surface area contributed by atoms with Crippen molar-refractivity contribution in [1.29, 1.82) is 0 Å². The lowest BCUT2D eigenvalue weighted by atomic mass is 9.76. The van der Waals surface area contributed by atoms with E-state index in [1.165, 1.54) is 89.1 Å². The Bertz CT molecular complexity index is 2860.